The van der Waals surface area contributed by atoms with Gasteiger partial charge in [0, 0.05) is 5.69 Å². The Labute approximate surface area is 194 Å². The molecule has 0 saturated carbocycles. The Balaban J connectivity index is 1.85. The maximum Gasteiger partial charge on any atom is 0.265 e. The van der Waals surface area contributed by atoms with Crippen molar-refractivity contribution in [2.75, 3.05) is 5.32 Å². The maximum atomic E-state index is 13.0. The summed E-state index contributed by atoms with van der Waals surface area (Å²) in [4.78, 5) is 13.0. The molecular formula is C28H41NO3. The lowest BCUT2D eigenvalue weighted by Gasteiger charge is -2.19. The van der Waals surface area contributed by atoms with E-state index in [2.05, 4.69) is 12.2 Å². The van der Waals surface area contributed by atoms with E-state index >= 15 is 0 Å². The van der Waals surface area contributed by atoms with E-state index in [0.717, 1.165) is 29.7 Å². The van der Waals surface area contributed by atoms with E-state index in [0.29, 0.717) is 12.2 Å². The van der Waals surface area contributed by atoms with Gasteiger partial charge in [-0.2, -0.15) is 0 Å². The van der Waals surface area contributed by atoms with E-state index in [1.165, 1.54) is 51.4 Å². The number of phenolic OH excluding ortho intramolecular Hbond substituents is 1. The zero-order valence-corrected chi connectivity index (χ0v) is 20.2. The summed E-state index contributed by atoms with van der Waals surface area (Å²) in [6.45, 7) is 6.08. The topological polar surface area (TPSA) is 58.6 Å². The van der Waals surface area contributed by atoms with E-state index in [1.807, 2.05) is 38.1 Å². The fourth-order valence-electron chi connectivity index (χ4n) is 3.87. The highest BCUT2D eigenvalue weighted by atomic mass is 16.5. The summed E-state index contributed by atoms with van der Waals surface area (Å²) < 4.78 is 6.07. The first-order chi connectivity index (χ1) is 15.5. The molecule has 2 rings (SSSR count). The molecule has 0 aliphatic heterocycles. The molecule has 0 heterocycles. The molecule has 32 heavy (non-hydrogen) atoms. The van der Waals surface area contributed by atoms with E-state index in [1.54, 1.807) is 18.2 Å². The van der Waals surface area contributed by atoms with Gasteiger partial charge in [0.1, 0.15) is 11.5 Å². The van der Waals surface area contributed by atoms with Crippen molar-refractivity contribution in [3.05, 3.63) is 53.6 Å². The predicted octanol–water partition coefficient (Wildman–Crippen LogP) is 7.71. The van der Waals surface area contributed by atoms with E-state index < -0.39 is 6.10 Å². The lowest BCUT2D eigenvalue weighted by atomic mass is 10.0. The number of ether oxygens (including phenoxy) is 1. The molecule has 1 atom stereocenters. The minimum Gasteiger partial charge on any atom is -0.508 e. The van der Waals surface area contributed by atoms with Gasteiger partial charge in [0.05, 0.1) is 0 Å². The van der Waals surface area contributed by atoms with Gasteiger partial charge >= 0.3 is 0 Å². The molecule has 0 saturated heterocycles. The third kappa shape index (κ3) is 9.76. The summed E-state index contributed by atoms with van der Waals surface area (Å²) in [5.41, 5.74) is 2.62. The molecular weight excluding hydrogens is 398 g/mol. The molecule has 0 fully saturated rings. The van der Waals surface area contributed by atoms with Gasteiger partial charge in [-0.05, 0) is 68.1 Å². The minimum absolute atomic E-state index is 0.128. The van der Waals surface area contributed by atoms with Crippen LogP contribution < -0.4 is 10.1 Å². The number of phenols is 1. The summed E-state index contributed by atoms with van der Waals surface area (Å²) in [5, 5.41) is 12.8. The number of nitrogens with one attached hydrogen (secondary N) is 1. The number of rotatable bonds is 15. The molecule has 4 heteroatoms. The maximum absolute atomic E-state index is 13.0. The number of benzene rings is 2. The zero-order valence-electron chi connectivity index (χ0n) is 20.2. The van der Waals surface area contributed by atoms with Gasteiger partial charge in [0.2, 0.25) is 0 Å². The number of hydrogen-bond acceptors (Lipinski definition) is 3. The van der Waals surface area contributed by atoms with Crippen LogP contribution in [0.3, 0.4) is 0 Å². The lowest BCUT2D eigenvalue weighted by Crippen LogP contribution is -2.33. The Hall–Kier alpha value is -2.49. The number of aromatic hydroxyl groups is 1. The van der Waals surface area contributed by atoms with Crippen LogP contribution in [0.2, 0.25) is 0 Å². The Kier molecular flexibility index (Phi) is 11.7. The molecule has 0 spiro atoms. The number of carbonyl (C=O) groups excluding carboxylic acids is 1. The largest absolute Gasteiger partial charge is 0.508 e. The standard InChI is InChI=1S/C28H41NO3/c1-4-5-6-7-8-9-10-11-12-13-17-27(32-25-18-19-26(30)23(3)21-25)28(31)29-24-16-14-15-22(2)20-24/h14-16,18-21,27,30H,4-13,17H2,1-3H3,(H,29,31). The molecule has 2 aromatic rings. The van der Waals surface area contributed by atoms with Crippen molar-refractivity contribution >= 4 is 11.6 Å². The number of hydrogen-bond donors (Lipinski definition) is 2. The van der Waals surface area contributed by atoms with Crippen LogP contribution in [0.1, 0.15) is 88.7 Å². The normalized spacial score (nSPS) is 11.8. The molecule has 0 aromatic heterocycles. The van der Waals surface area contributed by atoms with Gasteiger partial charge in [-0.1, -0.05) is 76.8 Å². The number of amides is 1. The van der Waals surface area contributed by atoms with Gasteiger partial charge < -0.3 is 15.2 Å². The zero-order chi connectivity index (χ0) is 23.2. The van der Waals surface area contributed by atoms with E-state index in [-0.39, 0.29) is 11.7 Å². The third-order valence-electron chi connectivity index (χ3n) is 5.84. The summed E-state index contributed by atoms with van der Waals surface area (Å²) in [6, 6.07) is 12.9. The van der Waals surface area contributed by atoms with Crippen molar-refractivity contribution in [3.8, 4) is 11.5 Å². The number of anilines is 1. The van der Waals surface area contributed by atoms with Crippen LogP contribution in [0.4, 0.5) is 5.69 Å². The number of aryl methyl sites for hydroxylation is 2. The minimum atomic E-state index is -0.562. The van der Waals surface area contributed by atoms with Gasteiger partial charge in [0.15, 0.2) is 6.10 Å². The van der Waals surface area contributed by atoms with Gasteiger partial charge in [-0.25, -0.2) is 0 Å². The smallest absolute Gasteiger partial charge is 0.265 e. The molecule has 2 N–H and O–H groups in total. The Morgan fingerprint density at radius 1 is 0.906 bits per heavy atom. The van der Waals surface area contributed by atoms with E-state index in [4.69, 9.17) is 4.74 Å². The summed E-state index contributed by atoms with van der Waals surface area (Å²) in [5.74, 6) is 0.710. The van der Waals surface area contributed by atoms with Gasteiger partial charge in [0.25, 0.3) is 5.91 Å². The second kappa shape index (κ2) is 14.5. The van der Waals surface area contributed by atoms with Crippen molar-refractivity contribution < 1.29 is 14.6 Å². The molecule has 0 radical (unpaired) electrons. The Morgan fingerprint density at radius 3 is 2.19 bits per heavy atom. The summed E-state index contributed by atoms with van der Waals surface area (Å²) in [6.07, 6.45) is 12.7. The fourth-order valence-corrected chi connectivity index (χ4v) is 3.87. The van der Waals surface area contributed by atoms with Gasteiger partial charge in [-0.3, -0.25) is 4.79 Å². The molecule has 0 aliphatic carbocycles. The molecule has 2 aromatic carbocycles. The van der Waals surface area contributed by atoms with Crippen LogP contribution in [0.15, 0.2) is 42.5 Å². The van der Waals surface area contributed by atoms with Gasteiger partial charge in [-0.15, -0.1) is 0 Å². The monoisotopic (exact) mass is 439 g/mol. The highest BCUT2D eigenvalue weighted by Gasteiger charge is 2.21. The Morgan fingerprint density at radius 2 is 1.56 bits per heavy atom. The first kappa shape index (κ1) is 25.8. The average molecular weight is 440 g/mol. The van der Waals surface area contributed by atoms with Crippen LogP contribution in [-0.4, -0.2) is 17.1 Å². The molecule has 0 bridgehead atoms. The fraction of sp³-hybridized carbons (Fsp3) is 0.536. The van der Waals surface area contributed by atoms with Crippen molar-refractivity contribution in [2.24, 2.45) is 0 Å². The first-order valence-corrected chi connectivity index (χ1v) is 12.3. The first-order valence-electron chi connectivity index (χ1n) is 12.3. The highest BCUT2D eigenvalue weighted by molar-refractivity contribution is 5.94. The third-order valence-corrected chi connectivity index (χ3v) is 5.84. The lowest BCUT2D eigenvalue weighted by molar-refractivity contribution is -0.123. The highest BCUT2D eigenvalue weighted by Crippen LogP contribution is 2.24. The molecule has 4 nitrogen and oxygen atoms in total. The molecule has 1 amide bonds. The molecule has 1 unspecified atom stereocenters. The summed E-state index contributed by atoms with van der Waals surface area (Å²) >= 11 is 0. The SMILES string of the molecule is CCCCCCCCCCCCC(Oc1ccc(O)c(C)c1)C(=O)Nc1cccc(C)c1. The second-order valence-electron chi connectivity index (χ2n) is 8.88. The van der Waals surface area contributed by atoms with Crippen LogP contribution >= 0.6 is 0 Å². The average Bonchev–Trinajstić information content (AvgIpc) is 2.76. The quantitative estimate of drug-likeness (QED) is 0.279. The summed E-state index contributed by atoms with van der Waals surface area (Å²) in [7, 11) is 0. The number of carbonyl (C=O) groups is 1. The van der Waals surface area contributed by atoms with E-state index in [9.17, 15) is 9.90 Å². The van der Waals surface area contributed by atoms with Crippen LogP contribution in [0, 0.1) is 13.8 Å². The van der Waals surface area contributed by atoms with Crippen molar-refractivity contribution in [2.45, 2.75) is 97.5 Å². The van der Waals surface area contributed by atoms with Crippen molar-refractivity contribution in [1.82, 2.24) is 0 Å². The van der Waals surface area contributed by atoms with Crippen molar-refractivity contribution in [3.63, 3.8) is 0 Å². The number of unbranched alkanes of at least 4 members (excludes halogenated alkanes) is 9. The van der Waals surface area contributed by atoms with Crippen LogP contribution in [0.5, 0.6) is 11.5 Å². The molecule has 176 valence electrons. The second-order valence-corrected chi connectivity index (χ2v) is 8.88. The van der Waals surface area contributed by atoms with Crippen LogP contribution in [-0.2, 0) is 4.79 Å². The van der Waals surface area contributed by atoms with Crippen molar-refractivity contribution in [1.29, 1.82) is 0 Å². The Bertz CT molecular complexity index is 818. The van der Waals surface area contributed by atoms with Crippen LogP contribution in [0.25, 0.3) is 0 Å². The molecule has 0 aliphatic rings. The predicted molar refractivity (Wildman–Crippen MR) is 134 cm³/mol.